The molecular formula is C19H15BrFN3O2. The van der Waals surface area contributed by atoms with Crippen LogP contribution in [0.15, 0.2) is 69.9 Å². The number of hydrogen-bond donors (Lipinski definition) is 1. The molecule has 3 aromatic rings. The highest BCUT2D eigenvalue weighted by atomic mass is 79.9. The Labute approximate surface area is 157 Å². The van der Waals surface area contributed by atoms with Crippen molar-refractivity contribution in [1.29, 1.82) is 0 Å². The molecule has 1 aromatic heterocycles. The molecule has 0 unspecified atom stereocenters. The maximum absolute atomic E-state index is 13.2. The molecule has 1 amide bonds. The molecule has 7 heteroatoms. The first-order chi connectivity index (χ1) is 12.5. The van der Waals surface area contributed by atoms with Crippen molar-refractivity contribution in [3.63, 3.8) is 0 Å². The Kier molecular flexibility index (Phi) is 5.58. The van der Waals surface area contributed by atoms with Gasteiger partial charge in [-0.3, -0.25) is 9.59 Å². The summed E-state index contributed by atoms with van der Waals surface area (Å²) < 4.78 is 15.2. The third kappa shape index (κ3) is 4.64. The van der Waals surface area contributed by atoms with Gasteiger partial charge in [0.2, 0.25) is 5.91 Å². The summed E-state index contributed by atoms with van der Waals surface area (Å²) in [7, 11) is 0. The summed E-state index contributed by atoms with van der Waals surface area (Å²) in [6, 6.07) is 16.4. The molecule has 0 aliphatic heterocycles. The highest BCUT2D eigenvalue weighted by molar-refractivity contribution is 9.10. The van der Waals surface area contributed by atoms with Crippen molar-refractivity contribution in [2.75, 3.05) is 0 Å². The molecule has 0 spiro atoms. The lowest BCUT2D eigenvalue weighted by atomic mass is 10.1. The summed E-state index contributed by atoms with van der Waals surface area (Å²) in [5, 5.41) is 6.91. The predicted octanol–water partition coefficient (Wildman–Crippen LogP) is 3.13. The van der Waals surface area contributed by atoms with E-state index in [1.165, 1.54) is 18.2 Å². The maximum Gasteiger partial charge on any atom is 0.267 e. The van der Waals surface area contributed by atoms with Crippen LogP contribution in [-0.4, -0.2) is 15.7 Å². The quantitative estimate of drug-likeness (QED) is 0.695. The molecule has 0 atom stereocenters. The fourth-order valence-electron chi connectivity index (χ4n) is 2.38. The van der Waals surface area contributed by atoms with E-state index in [-0.39, 0.29) is 30.4 Å². The molecule has 0 radical (unpaired) electrons. The van der Waals surface area contributed by atoms with Crippen molar-refractivity contribution in [2.24, 2.45) is 0 Å². The van der Waals surface area contributed by atoms with Gasteiger partial charge in [0, 0.05) is 22.6 Å². The molecule has 0 saturated carbocycles. The van der Waals surface area contributed by atoms with E-state index < -0.39 is 0 Å². The zero-order chi connectivity index (χ0) is 18.5. The Morgan fingerprint density at radius 1 is 1.12 bits per heavy atom. The van der Waals surface area contributed by atoms with Crippen LogP contribution in [0.5, 0.6) is 0 Å². The van der Waals surface area contributed by atoms with Crippen LogP contribution >= 0.6 is 15.9 Å². The number of carbonyl (C=O) groups is 1. The third-order valence-corrected chi connectivity index (χ3v) is 4.21. The molecule has 0 aliphatic rings. The van der Waals surface area contributed by atoms with E-state index >= 15 is 0 Å². The first-order valence-corrected chi connectivity index (χ1v) is 8.66. The molecule has 132 valence electrons. The Hall–Kier alpha value is -2.80. The second kappa shape index (κ2) is 8.05. The van der Waals surface area contributed by atoms with E-state index in [2.05, 4.69) is 26.3 Å². The Morgan fingerprint density at radius 3 is 2.62 bits per heavy atom. The number of nitrogens with one attached hydrogen (secondary N) is 1. The van der Waals surface area contributed by atoms with Gasteiger partial charge in [0.15, 0.2) is 0 Å². The van der Waals surface area contributed by atoms with E-state index in [0.717, 1.165) is 14.7 Å². The monoisotopic (exact) mass is 415 g/mol. The molecule has 5 nitrogen and oxygen atoms in total. The normalized spacial score (nSPS) is 10.5. The highest BCUT2D eigenvalue weighted by Gasteiger charge is 2.08. The van der Waals surface area contributed by atoms with Crippen LogP contribution in [-0.2, 0) is 17.9 Å². The second-order valence-corrected chi connectivity index (χ2v) is 6.54. The number of hydrogen-bond acceptors (Lipinski definition) is 3. The maximum atomic E-state index is 13.2. The van der Waals surface area contributed by atoms with Gasteiger partial charge in [-0.1, -0.05) is 40.2 Å². The van der Waals surface area contributed by atoms with Gasteiger partial charge in [-0.25, -0.2) is 9.07 Å². The largest absolute Gasteiger partial charge is 0.350 e. The third-order valence-electron chi connectivity index (χ3n) is 3.68. The summed E-state index contributed by atoms with van der Waals surface area (Å²) in [4.78, 5) is 24.1. The molecule has 0 saturated heterocycles. The lowest BCUT2D eigenvalue weighted by Crippen LogP contribution is -2.33. The van der Waals surface area contributed by atoms with Gasteiger partial charge < -0.3 is 5.32 Å². The molecule has 3 rings (SSSR count). The van der Waals surface area contributed by atoms with Crippen LogP contribution in [0, 0.1) is 5.82 Å². The number of halogens is 2. The van der Waals surface area contributed by atoms with Crippen molar-refractivity contribution < 1.29 is 9.18 Å². The van der Waals surface area contributed by atoms with Crippen LogP contribution in [0.25, 0.3) is 11.3 Å². The average molecular weight is 416 g/mol. The molecule has 2 aromatic carbocycles. The standard InChI is InChI=1S/C19H15BrFN3O2/c20-15-6-4-14(5-7-15)17-8-9-19(26)24(23-17)12-18(25)22-11-13-2-1-3-16(21)10-13/h1-10H,11-12H2,(H,22,25). The summed E-state index contributed by atoms with van der Waals surface area (Å²) >= 11 is 3.37. The molecule has 1 heterocycles. The van der Waals surface area contributed by atoms with E-state index in [1.54, 1.807) is 18.2 Å². The van der Waals surface area contributed by atoms with E-state index in [4.69, 9.17) is 0 Å². The number of rotatable bonds is 5. The Balaban J connectivity index is 1.70. The average Bonchev–Trinajstić information content (AvgIpc) is 2.63. The molecule has 0 fully saturated rings. The second-order valence-electron chi connectivity index (χ2n) is 5.63. The zero-order valence-corrected chi connectivity index (χ0v) is 15.2. The lowest BCUT2D eigenvalue weighted by molar-refractivity contribution is -0.122. The van der Waals surface area contributed by atoms with Crippen molar-refractivity contribution in [3.8, 4) is 11.3 Å². The Bertz CT molecular complexity index is 987. The van der Waals surface area contributed by atoms with Gasteiger partial charge in [0.25, 0.3) is 5.56 Å². The van der Waals surface area contributed by atoms with Crippen molar-refractivity contribution in [3.05, 3.63) is 86.9 Å². The van der Waals surface area contributed by atoms with Crippen LogP contribution in [0.2, 0.25) is 0 Å². The fraction of sp³-hybridized carbons (Fsp3) is 0.105. The predicted molar refractivity (Wildman–Crippen MR) is 99.9 cm³/mol. The highest BCUT2D eigenvalue weighted by Crippen LogP contribution is 2.18. The van der Waals surface area contributed by atoms with Gasteiger partial charge in [0.1, 0.15) is 12.4 Å². The first-order valence-electron chi connectivity index (χ1n) is 7.86. The number of carbonyl (C=O) groups excluding carboxylic acids is 1. The summed E-state index contributed by atoms with van der Waals surface area (Å²) in [6.07, 6.45) is 0. The van der Waals surface area contributed by atoms with Gasteiger partial charge in [-0.05, 0) is 35.9 Å². The van der Waals surface area contributed by atoms with Crippen LogP contribution in [0.4, 0.5) is 4.39 Å². The van der Waals surface area contributed by atoms with E-state index in [9.17, 15) is 14.0 Å². The van der Waals surface area contributed by atoms with Gasteiger partial charge in [-0.15, -0.1) is 0 Å². The summed E-state index contributed by atoms with van der Waals surface area (Å²) in [5.74, 6) is -0.742. The van der Waals surface area contributed by atoms with Crippen LogP contribution < -0.4 is 10.9 Å². The van der Waals surface area contributed by atoms with Gasteiger partial charge in [-0.2, -0.15) is 5.10 Å². The topological polar surface area (TPSA) is 64.0 Å². The van der Waals surface area contributed by atoms with Crippen molar-refractivity contribution in [1.82, 2.24) is 15.1 Å². The van der Waals surface area contributed by atoms with E-state index in [0.29, 0.717) is 11.3 Å². The van der Waals surface area contributed by atoms with Crippen LogP contribution in [0.1, 0.15) is 5.56 Å². The molecule has 1 N–H and O–H groups in total. The van der Waals surface area contributed by atoms with E-state index in [1.807, 2.05) is 24.3 Å². The smallest absolute Gasteiger partial charge is 0.267 e. The number of nitrogens with zero attached hydrogens (tertiary/aromatic N) is 2. The van der Waals surface area contributed by atoms with Crippen LogP contribution in [0.3, 0.4) is 0 Å². The summed E-state index contributed by atoms with van der Waals surface area (Å²) in [5.41, 5.74) is 1.70. The number of benzene rings is 2. The lowest BCUT2D eigenvalue weighted by Gasteiger charge is -2.08. The minimum atomic E-state index is -0.378. The first kappa shape index (κ1) is 18.0. The van der Waals surface area contributed by atoms with Gasteiger partial charge in [0.05, 0.1) is 5.69 Å². The van der Waals surface area contributed by atoms with Crippen molar-refractivity contribution in [2.45, 2.75) is 13.1 Å². The van der Waals surface area contributed by atoms with Gasteiger partial charge >= 0.3 is 0 Å². The minimum Gasteiger partial charge on any atom is -0.350 e. The molecular weight excluding hydrogens is 401 g/mol. The molecule has 26 heavy (non-hydrogen) atoms. The zero-order valence-electron chi connectivity index (χ0n) is 13.7. The fourth-order valence-corrected chi connectivity index (χ4v) is 2.64. The number of amides is 1. The SMILES string of the molecule is O=C(Cn1nc(-c2ccc(Br)cc2)ccc1=O)NCc1cccc(F)c1. The minimum absolute atomic E-state index is 0.178. The Morgan fingerprint density at radius 2 is 1.88 bits per heavy atom. The molecule has 0 bridgehead atoms. The number of aromatic nitrogens is 2. The van der Waals surface area contributed by atoms with Crippen molar-refractivity contribution >= 4 is 21.8 Å². The molecule has 0 aliphatic carbocycles. The summed E-state index contributed by atoms with van der Waals surface area (Å²) in [6.45, 7) is -0.0315.